The largest absolute Gasteiger partial charge is 0.372 e. The Bertz CT molecular complexity index is 645. The van der Waals surface area contributed by atoms with Crippen molar-refractivity contribution in [2.75, 3.05) is 17.7 Å². The number of carbonyl (C=O) groups is 1. The van der Waals surface area contributed by atoms with E-state index in [1.54, 1.807) is 25.4 Å². The molecule has 2 aromatic heterocycles. The highest BCUT2D eigenvalue weighted by atomic mass is 16.6. The van der Waals surface area contributed by atoms with E-state index in [-0.39, 0.29) is 17.1 Å². The molecule has 0 saturated carbocycles. The summed E-state index contributed by atoms with van der Waals surface area (Å²) in [4.78, 5) is 30.0. The third-order valence-electron chi connectivity index (χ3n) is 2.48. The van der Waals surface area contributed by atoms with Crippen molar-refractivity contribution in [1.29, 1.82) is 0 Å². The van der Waals surface area contributed by atoms with Gasteiger partial charge in [-0.05, 0) is 12.1 Å². The monoisotopic (exact) mass is 273 g/mol. The zero-order valence-electron chi connectivity index (χ0n) is 10.5. The molecule has 0 fully saturated rings. The average molecular weight is 273 g/mol. The summed E-state index contributed by atoms with van der Waals surface area (Å²) in [7, 11) is 1.58. The Hall–Kier alpha value is -3.03. The van der Waals surface area contributed by atoms with Crippen LogP contribution in [0.15, 0.2) is 36.8 Å². The molecule has 0 bridgehead atoms. The highest BCUT2D eigenvalue weighted by Gasteiger charge is 2.17. The summed E-state index contributed by atoms with van der Waals surface area (Å²) in [5.41, 5.74) is 0.331. The minimum Gasteiger partial charge on any atom is -0.372 e. The zero-order chi connectivity index (χ0) is 14.5. The number of aromatic nitrogens is 2. The summed E-state index contributed by atoms with van der Waals surface area (Å²) in [6, 6.07) is 4.50. The van der Waals surface area contributed by atoms with Crippen LogP contribution < -0.4 is 10.6 Å². The second kappa shape index (κ2) is 5.74. The van der Waals surface area contributed by atoms with E-state index in [0.717, 1.165) is 6.20 Å². The fraction of sp³-hybridized carbons (Fsp3) is 0.0833. The van der Waals surface area contributed by atoms with Crippen molar-refractivity contribution in [2.24, 2.45) is 0 Å². The molecule has 2 rings (SSSR count). The Balaban J connectivity index is 2.32. The van der Waals surface area contributed by atoms with Gasteiger partial charge in [-0.2, -0.15) is 0 Å². The van der Waals surface area contributed by atoms with E-state index in [4.69, 9.17) is 0 Å². The fourth-order valence-electron chi connectivity index (χ4n) is 1.56. The summed E-state index contributed by atoms with van der Waals surface area (Å²) in [5, 5.41) is 16.1. The highest BCUT2D eigenvalue weighted by Crippen LogP contribution is 2.20. The van der Waals surface area contributed by atoms with E-state index in [0.29, 0.717) is 5.69 Å². The van der Waals surface area contributed by atoms with Gasteiger partial charge in [0.05, 0.1) is 22.4 Å². The molecule has 0 aliphatic rings. The molecule has 0 unspecified atom stereocenters. The molecule has 0 aliphatic carbocycles. The normalized spacial score (nSPS) is 9.85. The van der Waals surface area contributed by atoms with Crippen molar-refractivity contribution in [3.8, 4) is 0 Å². The van der Waals surface area contributed by atoms with Crippen LogP contribution in [-0.2, 0) is 0 Å². The summed E-state index contributed by atoms with van der Waals surface area (Å²) in [6.45, 7) is 0. The molecular formula is C12H11N5O3. The van der Waals surface area contributed by atoms with Gasteiger partial charge in [0.1, 0.15) is 12.0 Å². The third kappa shape index (κ3) is 2.86. The number of anilines is 2. The average Bonchev–Trinajstić information content (AvgIpc) is 2.47. The standard InChI is InChI=1S/C12H11N5O3/c1-13-11-10(5-9(7-15-11)17(19)20)12(18)16-8-3-2-4-14-6-8/h2-7H,1H3,(H,13,15)(H,16,18). The van der Waals surface area contributed by atoms with E-state index >= 15 is 0 Å². The number of nitro groups is 1. The Morgan fingerprint density at radius 1 is 1.40 bits per heavy atom. The number of nitrogens with one attached hydrogen (secondary N) is 2. The van der Waals surface area contributed by atoms with E-state index < -0.39 is 10.8 Å². The van der Waals surface area contributed by atoms with Gasteiger partial charge >= 0.3 is 0 Å². The maximum atomic E-state index is 12.1. The van der Waals surface area contributed by atoms with Gasteiger partial charge in [0, 0.05) is 19.3 Å². The van der Waals surface area contributed by atoms with Crippen molar-refractivity contribution in [2.45, 2.75) is 0 Å². The lowest BCUT2D eigenvalue weighted by Crippen LogP contribution is -2.15. The van der Waals surface area contributed by atoms with Gasteiger partial charge in [-0.15, -0.1) is 0 Å². The van der Waals surface area contributed by atoms with Crippen molar-refractivity contribution in [3.63, 3.8) is 0 Å². The zero-order valence-corrected chi connectivity index (χ0v) is 10.5. The van der Waals surface area contributed by atoms with Gasteiger partial charge in [-0.1, -0.05) is 0 Å². The van der Waals surface area contributed by atoms with Gasteiger partial charge in [-0.3, -0.25) is 19.9 Å². The smallest absolute Gasteiger partial charge is 0.288 e. The van der Waals surface area contributed by atoms with Crippen LogP contribution >= 0.6 is 0 Å². The van der Waals surface area contributed by atoms with Gasteiger partial charge in [0.15, 0.2) is 0 Å². The molecule has 0 radical (unpaired) electrons. The summed E-state index contributed by atoms with van der Waals surface area (Å²) in [6.07, 6.45) is 4.14. The minimum absolute atomic E-state index is 0.0885. The van der Waals surface area contributed by atoms with Crippen LogP contribution in [-0.4, -0.2) is 27.8 Å². The number of pyridine rings is 2. The molecule has 1 amide bonds. The lowest BCUT2D eigenvalue weighted by atomic mass is 10.2. The van der Waals surface area contributed by atoms with E-state index in [9.17, 15) is 14.9 Å². The molecule has 2 N–H and O–H groups in total. The summed E-state index contributed by atoms with van der Waals surface area (Å²) >= 11 is 0. The van der Waals surface area contributed by atoms with Gasteiger partial charge in [0.25, 0.3) is 11.6 Å². The van der Waals surface area contributed by atoms with Crippen molar-refractivity contribution >= 4 is 23.1 Å². The summed E-state index contributed by atoms with van der Waals surface area (Å²) < 4.78 is 0. The number of hydrogen-bond donors (Lipinski definition) is 2. The van der Waals surface area contributed by atoms with Crippen LogP contribution in [0, 0.1) is 10.1 Å². The van der Waals surface area contributed by atoms with E-state index in [1.165, 1.54) is 12.3 Å². The molecule has 2 aromatic rings. The number of rotatable bonds is 4. The van der Waals surface area contributed by atoms with Crippen LogP contribution in [0.4, 0.5) is 17.2 Å². The molecule has 0 spiro atoms. The molecule has 102 valence electrons. The first-order valence-electron chi connectivity index (χ1n) is 5.65. The van der Waals surface area contributed by atoms with Crippen LogP contribution in [0.25, 0.3) is 0 Å². The molecule has 8 nitrogen and oxygen atoms in total. The molecule has 0 saturated heterocycles. The predicted molar refractivity (Wildman–Crippen MR) is 72.6 cm³/mol. The van der Waals surface area contributed by atoms with Crippen LogP contribution in [0.2, 0.25) is 0 Å². The molecule has 0 atom stereocenters. The highest BCUT2D eigenvalue weighted by molar-refractivity contribution is 6.07. The molecule has 2 heterocycles. The number of amides is 1. The van der Waals surface area contributed by atoms with Crippen LogP contribution in [0.3, 0.4) is 0 Å². The Labute approximate surface area is 114 Å². The van der Waals surface area contributed by atoms with Gasteiger partial charge < -0.3 is 10.6 Å². The third-order valence-corrected chi connectivity index (χ3v) is 2.48. The fourth-order valence-corrected chi connectivity index (χ4v) is 1.56. The van der Waals surface area contributed by atoms with Crippen LogP contribution in [0.1, 0.15) is 10.4 Å². The Morgan fingerprint density at radius 2 is 2.20 bits per heavy atom. The second-order valence-corrected chi connectivity index (χ2v) is 3.79. The lowest BCUT2D eigenvalue weighted by Gasteiger charge is -2.08. The van der Waals surface area contributed by atoms with Crippen molar-refractivity contribution < 1.29 is 9.72 Å². The first-order valence-corrected chi connectivity index (χ1v) is 5.65. The van der Waals surface area contributed by atoms with Crippen molar-refractivity contribution in [1.82, 2.24) is 9.97 Å². The van der Waals surface area contributed by atoms with Crippen LogP contribution in [0.5, 0.6) is 0 Å². The molecule has 0 aromatic carbocycles. The van der Waals surface area contributed by atoms with E-state index in [2.05, 4.69) is 20.6 Å². The number of hydrogen-bond acceptors (Lipinski definition) is 6. The van der Waals surface area contributed by atoms with Crippen molar-refractivity contribution in [3.05, 3.63) is 52.5 Å². The first-order chi connectivity index (χ1) is 9.61. The quantitative estimate of drug-likeness (QED) is 0.647. The van der Waals surface area contributed by atoms with Gasteiger partial charge in [0.2, 0.25) is 0 Å². The maximum absolute atomic E-state index is 12.1. The topological polar surface area (TPSA) is 110 Å². The van der Waals surface area contributed by atoms with E-state index in [1.807, 2.05) is 0 Å². The summed E-state index contributed by atoms with van der Waals surface area (Å²) in [5.74, 6) is -0.240. The predicted octanol–water partition coefficient (Wildman–Crippen LogP) is 1.68. The molecule has 20 heavy (non-hydrogen) atoms. The first kappa shape index (κ1) is 13.4. The molecule has 0 aliphatic heterocycles. The Kier molecular flexibility index (Phi) is 3.85. The molecular weight excluding hydrogens is 262 g/mol. The number of nitrogens with zero attached hydrogens (tertiary/aromatic N) is 3. The minimum atomic E-state index is -0.604. The Morgan fingerprint density at radius 3 is 2.80 bits per heavy atom. The lowest BCUT2D eigenvalue weighted by molar-refractivity contribution is -0.385. The SMILES string of the molecule is CNc1ncc([N+](=O)[O-])cc1C(=O)Nc1cccnc1. The second-order valence-electron chi connectivity index (χ2n) is 3.79. The maximum Gasteiger partial charge on any atom is 0.288 e. The van der Waals surface area contributed by atoms with Gasteiger partial charge in [-0.25, -0.2) is 4.98 Å². The number of carbonyl (C=O) groups excluding carboxylic acids is 1. The molecule has 8 heteroatoms.